The van der Waals surface area contributed by atoms with Crippen molar-refractivity contribution in [3.8, 4) is 0 Å². The molecule has 0 aliphatic heterocycles. The maximum atomic E-state index is 11.5. The van der Waals surface area contributed by atoms with Gasteiger partial charge in [0.25, 0.3) is 0 Å². The summed E-state index contributed by atoms with van der Waals surface area (Å²) in [5, 5.41) is 5.69. The first kappa shape index (κ1) is 14.3. The highest BCUT2D eigenvalue weighted by Crippen LogP contribution is 2.10. The van der Waals surface area contributed by atoms with Gasteiger partial charge in [-0.2, -0.15) is 0 Å². The van der Waals surface area contributed by atoms with Crippen molar-refractivity contribution in [3.05, 3.63) is 41.4 Å². The summed E-state index contributed by atoms with van der Waals surface area (Å²) in [6.45, 7) is 5.20. The number of rotatable bonds is 5. The average Bonchev–Trinajstić information content (AvgIpc) is 2.28. The van der Waals surface area contributed by atoms with Crippen molar-refractivity contribution in [2.24, 2.45) is 0 Å². The van der Waals surface area contributed by atoms with Gasteiger partial charge in [0.1, 0.15) is 0 Å². The van der Waals surface area contributed by atoms with Gasteiger partial charge in [0.2, 0.25) is 11.8 Å². The molecule has 2 amide bonds. The summed E-state index contributed by atoms with van der Waals surface area (Å²) in [5.41, 5.74) is 1.57. The Labute approximate surface area is 111 Å². The minimum atomic E-state index is -0.124. The number of anilines is 1. The van der Waals surface area contributed by atoms with Crippen molar-refractivity contribution in [2.75, 3.05) is 11.9 Å². The quantitative estimate of drug-likeness (QED) is 0.857. The highest BCUT2D eigenvalue weighted by atomic mass is 35.5. The molecule has 0 aliphatic rings. The summed E-state index contributed by atoms with van der Waals surface area (Å²) >= 11 is 5.54. The lowest BCUT2D eigenvalue weighted by atomic mass is 10.1. The second-order valence-electron chi connectivity index (χ2n) is 3.85. The third-order valence-electron chi connectivity index (χ3n) is 2.12. The van der Waals surface area contributed by atoms with Crippen LogP contribution in [0, 0.1) is 0 Å². The zero-order valence-electron chi connectivity index (χ0n) is 10.1. The fourth-order valence-electron chi connectivity index (χ4n) is 1.35. The first-order valence-corrected chi connectivity index (χ1v) is 5.81. The Morgan fingerprint density at radius 1 is 1.28 bits per heavy atom. The van der Waals surface area contributed by atoms with Crippen LogP contribution in [0.4, 0.5) is 5.69 Å². The van der Waals surface area contributed by atoms with Crippen molar-refractivity contribution in [1.82, 2.24) is 5.32 Å². The van der Waals surface area contributed by atoms with Crippen molar-refractivity contribution in [3.63, 3.8) is 0 Å². The SMILES string of the molecule is C=C(Cl)CNC(=O)Cc1ccc(NC(C)=O)cc1. The van der Waals surface area contributed by atoms with Crippen LogP contribution in [0.2, 0.25) is 0 Å². The number of nitrogens with one attached hydrogen (secondary N) is 2. The van der Waals surface area contributed by atoms with Crippen LogP contribution in [0.3, 0.4) is 0 Å². The van der Waals surface area contributed by atoms with E-state index in [4.69, 9.17) is 11.6 Å². The minimum absolute atomic E-state index is 0.121. The van der Waals surface area contributed by atoms with E-state index >= 15 is 0 Å². The Morgan fingerprint density at radius 2 is 1.89 bits per heavy atom. The van der Waals surface area contributed by atoms with E-state index in [1.165, 1.54) is 6.92 Å². The van der Waals surface area contributed by atoms with E-state index in [2.05, 4.69) is 17.2 Å². The van der Waals surface area contributed by atoms with Gasteiger partial charge in [0, 0.05) is 17.6 Å². The van der Waals surface area contributed by atoms with E-state index in [0.717, 1.165) is 5.56 Å². The third kappa shape index (κ3) is 5.50. The molecule has 0 aromatic heterocycles. The molecular formula is C13H15ClN2O2. The molecule has 0 fully saturated rings. The molecule has 2 N–H and O–H groups in total. The summed E-state index contributed by atoms with van der Waals surface area (Å²) < 4.78 is 0. The van der Waals surface area contributed by atoms with Crippen molar-refractivity contribution < 1.29 is 9.59 Å². The Hall–Kier alpha value is -1.81. The molecule has 0 radical (unpaired) electrons. The second-order valence-corrected chi connectivity index (χ2v) is 4.38. The number of hydrogen-bond donors (Lipinski definition) is 2. The molecular weight excluding hydrogens is 252 g/mol. The van der Waals surface area contributed by atoms with Crippen molar-refractivity contribution in [2.45, 2.75) is 13.3 Å². The Morgan fingerprint density at radius 3 is 2.39 bits per heavy atom. The van der Waals surface area contributed by atoms with Gasteiger partial charge in [0.15, 0.2) is 0 Å². The smallest absolute Gasteiger partial charge is 0.224 e. The number of hydrogen-bond acceptors (Lipinski definition) is 2. The van der Waals surface area contributed by atoms with Crippen molar-refractivity contribution in [1.29, 1.82) is 0 Å². The monoisotopic (exact) mass is 266 g/mol. The summed E-state index contributed by atoms with van der Waals surface area (Å²) in [6.07, 6.45) is 0.268. The largest absolute Gasteiger partial charge is 0.351 e. The Kier molecular flexibility index (Phi) is 5.39. The lowest BCUT2D eigenvalue weighted by Crippen LogP contribution is -2.26. The zero-order valence-corrected chi connectivity index (χ0v) is 10.9. The maximum absolute atomic E-state index is 11.5. The normalized spacial score (nSPS) is 9.67. The third-order valence-corrected chi connectivity index (χ3v) is 2.25. The molecule has 1 aromatic carbocycles. The molecule has 0 aliphatic carbocycles. The van der Waals surface area contributed by atoms with Crippen LogP contribution in [0.15, 0.2) is 35.9 Å². The molecule has 0 unspecified atom stereocenters. The van der Waals surface area contributed by atoms with Crippen LogP contribution in [-0.4, -0.2) is 18.4 Å². The zero-order chi connectivity index (χ0) is 13.5. The highest BCUT2D eigenvalue weighted by Gasteiger charge is 2.03. The molecule has 4 nitrogen and oxygen atoms in total. The van der Waals surface area contributed by atoms with Gasteiger partial charge in [-0.1, -0.05) is 30.3 Å². The topological polar surface area (TPSA) is 58.2 Å². The van der Waals surface area contributed by atoms with Crippen LogP contribution in [0.1, 0.15) is 12.5 Å². The molecule has 96 valence electrons. The highest BCUT2D eigenvalue weighted by molar-refractivity contribution is 6.29. The standard InChI is InChI=1S/C13H15ClN2O2/c1-9(14)8-15-13(18)7-11-3-5-12(6-4-11)16-10(2)17/h3-6H,1,7-8H2,2H3,(H,15,18)(H,16,17). The van der Waals surface area contributed by atoms with Crippen molar-refractivity contribution >= 4 is 29.1 Å². The van der Waals surface area contributed by atoms with E-state index in [0.29, 0.717) is 10.7 Å². The molecule has 0 saturated carbocycles. The predicted octanol–water partition coefficient (Wildman–Crippen LogP) is 2.06. The molecule has 0 saturated heterocycles. The van der Waals surface area contributed by atoms with Gasteiger partial charge in [0.05, 0.1) is 13.0 Å². The first-order valence-electron chi connectivity index (χ1n) is 5.44. The maximum Gasteiger partial charge on any atom is 0.224 e. The summed E-state index contributed by atoms with van der Waals surface area (Å²) in [5.74, 6) is -0.245. The van der Waals surface area contributed by atoms with Crippen LogP contribution < -0.4 is 10.6 Å². The number of halogens is 1. The van der Waals surface area contributed by atoms with Gasteiger partial charge >= 0.3 is 0 Å². The van der Waals surface area contributed by atoms with Gasteiger partial charge < -0.3 is 10.6 Å². The van der Waals surface area contributed by atoms with Gasteiger partial charge in [-0.25, -0.2) is 0 Å². The molecule has 0 spiro atoms. The molecule has 0 bridgehead atoms. The number of benzene rings is 1. The predicted molar refractivity (Wildman–Crippen MR) is 72.5 cm³/mol. The fraction of sp³-hybridized carbons (Fsp3) is 0.231. The molecule has 1 aromatic rings. The molecule has 0 heterocycles. The Bertz CT molecular complexity index is 455. The lowest BCUT2D eigenvalue weighted by Gasteiger charge is -2.05. The number of amides is 2. The first-order chi connectivity index (χ1) is 8.47. The van der Waals surface area contributed by atoms with E-state index in [9.17, 15) is 9.59 Å². The summed E-state index contributed by atoms with van der Waals surface area (Å²) in [7, 11) is 0. The number of carbonyl (C=O) groups excluding carboxylic acids is 2. The van der Waals surface area contributed by atoms with E-state index in [-0.39, 0.29) is 24.8 Å². The van der Waals surface area contributed by atoms with Crippen LogP contribution >= 0.6 is 11.6 Å². The van der Waals surface area contributed by atoms with E-state index in [1.54, 1.807) is 24.3 Å². The minimum Gasteiger partial charge on any atom is -0.351 e. The molecule has 0 atom stereocenters. The van der Waals surface area contributed by atoms with Crippen LogP contribution in [0.5, 0.6) is 0 Å². The lowest BCUT2D eigenvalue weighted by molar-refractivity contribution is -0.120. The average molecular weight is 267 g/mol. The molecule has 18 heavy (non-hydrogen) atoms. The second kappa shape index (κ2) is 6.81. The Balaban J connectivity index is 2.50. The fourth-order valence-corrected chi connectivity index (χ4v) is 1.42. The number of carbonyl (C=O) groups is 2. The van der Waals surface area contributed by atoms with Crippen LogP contribution in [-0.2, 0) is 16.0 Å². The molecule has 5 heteroatoms. The van der Waals surface area contributed by atoms with Gasteiger partial charge in [-0.15, -0.1) is 0 Å². The van der Waals surface area contributed by atoms with Crippen LogP contribution in [0.25, 0.3) is 0 Å². The van der Waals surface area contributed by atoms with Gasteiger partial charge in [-0.3, -0.25) is 9.59 Å². The van der Waals surface area contributed by atoms with E-state index in [1.807, 2.05) is 0 Å². The van der Waals surface area contributed by atoms with E-state index < -0.39 is 0 Å². The van der Waals surface area contributed by atoms with Gasteiger partial charge in [-0.05, 0) is 17.7 Å². The molecule has 1 rings (SSSR count). The summed E-state index contributed by atoms with van der Waals surface area (Å²) in [4.78, 5) is 22.3. The summed E-state index contributed by atoms with van der Waals surface area (Å²) in [6, 6.07) is 7.09.